The molecule has 1 fully saturated rings. The number of carbonyl (C=O) groups is 2. The minimum absolute atomic E-state index is 0.0821. The summed E-state index contributed by atoms with van der Waals surface area (Å²) >= 11 is 0. The van der Waals surface area contributed by atoms with Crippen molar-refractivity contribution >= 4 is 12.0 Å². The molecule has 1 aliphatic heterocycles. The van der Waals surface area contributed by atoms with E-state index in [-0.39, 0.29) is 24.6 Å². The number of hydrogen-bond donors (Lipinski definition) is 2. The topological polar surface area (TPSA) is 70.7 Å². The normalized spacial score (nSPS) is 18.0. The Morgan fingerprint density at radius 2 is 1.96 bits per heavy atom. The summed E-state index contributed by atoms with van der Waals surface area (Å²) in [6.45, 7) is 9.39. The maximum Gasteiger partial charge on any atom is 0.407 e. The summed E-state index contributed by atoms with van der Waals surface area (Å²) in [7, 11) is 0. The Labute approximate surface area is 162 Å². The van der Waals surface area contributed by atoms with Crippen molar-refractivity contribution in [2.45, 2.75) is 52.2 Å². The number of nitrogens with zero attached hydrogens (tertiary/aromatic N) is 1. The van der Waals surface area contributed by atoms with Crippen LogP contribution >= 0.6 is 0 Å². The first kappa shape index (κ1) is 21.2. The zero-order chi connectivity index (χ0) is 19.7. The van der Waals surface area contributed by atoms with Crippen molar-refractivity contribution in [3.05, 3.63) is 35.9 Å². The highest BCUT2D eigenvalue weighted by atomic mass is 16.5. The number of piperidine rings is 1. The molecule has 27 heavy (non-hydrogen) atoms. The molecule has 6 nitrogen and oxygen atoms in total. The molecule has 0 aromatic heterocycles. The SMILES string of the molecule is CCC1CCCN(C(C)(C)CNC(=O)CNC(=O)OCc2ccccc2)C1. The van der Waals surface area contributed by atoms with Gasteiger partial charge in [0.15, 0.2) is 0 Å². The van der Waals surface area contributed by atoms with Gasteiger partial charge in [-0.05, 0) is 44.7 Å². The number of ether oxygens (including phenoxy) is 1. The van der Waals surface area contributed by atoms with Crippen molar-refractivity contribution in [3.63, 3.8) is 0 Å². The van der Waals surface area contributed by atoms with E-state index >= 15 is 0 Å². The molecule has 2 rings (SSSR count). The lowest BCUT2D eigenvalue weighted by Crippen LogP contribution is -2.55. The van der Waals surface area contributed by atoms with Gasteiger partial charge in [-0.3, -0.25) is 9.69 Å². The van der Waals surface area contributed by atoms with E-state index in [4.69, 9.17) is 4.74 Å². The fourth-order valence-electron chi connectivity index (χ4n) is 3.36. The van der Waals surface area contributed by atoms with E-state index in [1.165, 1.54) is 19.3 Å². The molecular formula is C21H33N3O3. The summed E-state index contributed by atoms with van der Waals surface area (Å²) in [5.41, 5.74) is 0.808. The molecule has 1 atom stereocenters. The number of carbonyl (C=O) groups excluding carboxylic acids is 2. The number of alkyl carbamates (subject to hydrolysis) is 1. The van der Waals surface area contributed by atoms with Gasteiger partial charge in [-0.1, -0.05) is 43.7 Å². The number of nitrogens with one attached hydrogen (secondary N) is 2. The van der Waals surface area contributed by atoms with Gasteiger partial charge >= 0.3 is 6.09 Å². The minimum atomic E-state index is -0.588. The monoisotopic (exact) mass is 375 g/mol. The van der Waals surface area contributed by atoms with Gasteiger partial charge in [0.1, 0.15) is 6.61 Å². The lowest BCUT2D eigenvalue weighted by molar-refractivity contribution is -0.120. The molecule has 0 spiro atoms. The summed E-state index contributed by atoms with van der Waals surface area (Å²) in [4.78, 5) is 26.3. The lowest BCUT2D eigenvalue weighted by atomic mass is 9.91. The Hall–Kier alpha value is -2.08. The van der Waals surface area contributed by atoms with Gasteiger partial charge in [0.25, 0.3) is 0 Å². The molecule has 1 heterocycles. The van der Waals surface area contributed by atoms with Crippen LogP contribution in [-0.2, 0) is 16.1 Å². The first-order valence-corrected chi connectivity index (χ1v) is 9.87. The molecule has 0 saturated carbocycles. The van der Waals surface area contributed by atoms with Crippen molar-refractivity contribution in [3.8, 4) is 0 Å². The second-order valence-corrected chi connectivity index (χ2v) is 7.87. The molecule has 6 heteroatoms. The Morgan fingerprint density at radius 3 is 2.67 bits per heavy atom. The standard InChI is InChI=1S/C21H33N3O3/c1-4-17-11-8-12-24(14-17)21(2,3)16-23-19(25)13-22-20(26)27-15-18-9-6-5-7-10-18/h5-7,9-10,17H,4,8,11-16H2,1-3H3,(H,22,26)(H,23,25). The lowest BCUT2D eigenvalue weighted by Gasteiger charge is -2.43. The van der Waals surface area contributed by atoms with Gasteiger partial charge in [0.2, 0.25) is 5.91 Å². The highest BCUT2D eigenvalue weighted by Gasteiger charge is 2.31. The first-order chi connectivity index (χ1) is 12.9. The van der Waals surface area contributed by atoms with Crippen LogP contribution in [0.5, 0.6) is 0 Å². The Bertz CT molecular complexity index is 604. The molecule has 150 valence electrons. The van der Waals surface area contributed by atoms with Crippen LogP contribution in [0.1, 0.15) is 45.6 Å². The molecular weight excluding hydrogens is 342 g/mol. The fraction of sp³-hybridized carbons (Fsp3) is 0.619. The van der Waals surface area contributed by atoms with E-state index in [1.54, 1.807) is 0 Å². The van der Waals surface area contributed by atoms with E-state index in [9.17, 15) is 9.59 Å². The Kier molecular flexibility index (Phi) is 8.10. The quantitative estimate of drug-likeness (QED) is 0.733. The van der Waals surface area contributed by atoms with Crippen molar-refractivity contribution in [2.24, 2.45) is 5.92 Å². The van der Waals surface area contributed by atoms with Gasteiger partial charge < -0.3 is 15.4 Å². The maximum atomic E-state index is 12.1. The van der Waals surface area contributed by atoms with E-state index < -0.39 is 6.09 Å². The van der Waals surface area contributed by atoms with Gasteiger partial charge in [0.05, 0.1) is 6.54 Å². The van der Waals surface area contributed by atoms with Crippen LogP contribution in [0, 0.1) is 5.92 Å². The number of likely N-dealkylation sites (tertiary alicyclic amines) is 1. The third kappa shape index (κ3) is 7.21. The van der Waals surface area contributed by atoms with Crippen LogP contribution in [0.25, 0.3) is 0 Å². The van der Waals surface area contributed by atoms with Crippen LogP contribution in [0.4, 0.5) is 4.79 Å². The van der Waals surface area contributed by atoms with Crippen molar-refractivity contribution in [1.29, 1.82) is 0 Å². The summed E-state index contributed by atoms with van der Waals surface area (Å²) in [6.07, 6.45) is 3.12. The predicted octanol–water partition coefficient (Wildman–Crippen LogP) is 2.93. The average Bonchev–Trinajstić information content (AvgIpc) is 2.70. The van der Waals surface area contributed by atoms with Gasteiger partial charge in [-0.25, -0.2) is 4.79 Å². The van der Waals surface area contributed by atoms with Crippen LogP contribution < -0.4 is 10.6 Å². The highest BCUT2D eigenvalue weighted by molar-refractivity contribution is 5.82. The first-order valence-electron chi connectivity index (χ1n) is 9.87. The molecule has 1 aromatic carbocycles. The zero-order valence-electron chi connectivity index (χ0n) is 16.8. The number of rotatable bonds is 8. The summed E-state index contributed by atoms with van der Waals surface area (Å²) in [5.74, 6) is 0.540. The molecule has 0 radical (unpaired) electrons. The van der Waals surface area contributed by atoms with Gasteiger partial charge in [0, 0.05) is 18.6 Å². The second kappa shape index (κ2) is 10.3. The average molecular weight is 376 g/mol. The smallest absolute Gasteiger partial charge is 0.407 e. The van der Waals surface area contributed by atoms with E-state index in [2.05, 4.69) is 36.3 Å². The van der Waals surface area contributed by atoms with Crippen LogP contribution in [0.3, 0.4) is 0 Å². The van der Waals surface area contributed by atoms with Crippen molar-refractivity contribution in [1.82, 2.24) is 15.5 Å². The van der Waals surface area contributed by atoms with Gasteiger partial charge in [-0.15, -0.1) is 0 Å². The van der Waals surface area contributed by atoms with Crippen LogP contribution in [0.2, 0.25) is 0 Å². The third-order valence-corrected chi connectivity index (χ3v) is 5.28. The third-order valence-electron chi connectivity index (χ3n) is 5.28. The highest BCUT2D eigenvalue weighted by Crippen LogP contribution is 2.25. The van der Waals surface area contributed by atoms with Crippen molar-refractivity contribution in [2.75, 3.05) is 26.2 Å². The Balaban J connectivity index is 1.66. The van der Waals surface area contributed by atoms with E-state index in [1.807, 2.05) is 30.3 Å². The molecule has 2 N–H and O–H groups in total. The number of hydrogen-bond acceptors (Lipinski definition) is 4. The van der Waals surface area contributed by atoms with Crippen LogP contribution in [-0.4, -0.2) is 48.6 Å². The van der Waals surface area contributed by atoms with Crippen molar-refractivity contribution < 1.29 is 14.3 Å². The molecule has 1 aliphatic rings. The summed E-state index contributed by atoms with van der Waals surface area (Å²) < 4.78 is 5.10. The van der Waals surface area contributed by atoms with Gasteiger partial charge in [-0.2, -0.15) is 0 Å². The molecule has 1 unspecified atom stereocenters. The number of amides is 2. The predicted molar refractivity (Wildman–Crippen MR) is 106 cm³/mol. The van der Waals surface area contributed by atoms with E-state index in [0.717, 1.165) is 24.6 Å². The summed E-state index contributed by atoms with van der Waals surface area (Å²) in [6, 6.07) is 9.44. The Morgan fingerprint density at radius 1 is 1.22 bits per heavy atom. The molecule has 0 aliphatic carbocycles. The molecule has 1 saturated heterocycles. The van der Waals surface area contributed by atoms with Crippen LogP contribution in [0.15, 0.2) is 30.3 Å². The zero-order valence-corrected chi connectivity index (χ0v) is 16.8. The maximum absolute atomic E-state index is 12.1. The summed E-state index contributed by atoms with van der Waals surface area (Å²) in [5, 5.41) is 5.43. The minimum Gasteiger partial charge on any atom is -0.445 e. The second-order valence-electron chi connectivity index (χ2n) is 7.87. The van der Waals surface area contributed by atoms with E-state index in [0.29, 0.717) is 6.54 Å². The fourth-order valence-corrected chi connectivity index (χ4v) is 3.36. The molecule has 2 amide bonds. The number of benzene rings is 1. The molecule has 0 bridgehead atoms. The molecule has 1 aromatic rings. The largest absolute Gasteiger partial charge is 0.445 e.